The first-order chi connectivity index (χ1) is 12.8. The summed E-state index contributed by atoms with van der Waals surface area (Å²) in [6.45, 7) is 4.98. The first kappa shape index (κ1) is 21.3. The van der Waals surface area contributed by atoms with E-state index in [0.29, 0.717) is 25.1 Å². The molecule has 1 fully saturated rings. The molecule has 0 aliphatic carbocycles. The fraction of sp³-hybridized carbons (Fsp3) is 0.556. The molecule has 0 spiro atoms. The van der Waals surface area contributed by atoms with Crippen molar-refractivity contribution in [3.63, 3.8) is 0 Å². The van der Waals surface area contributed by atoms with E-state index in [-0.39, 0.29) is 30.5 Å². The standard InChI is InChI=1S/C18H27N3O5S/c1-3-5-16(19)17(22)20-10-12-21(13-11-20)27(24,25)15-8-6-14(7-9-15)18(23)26-4-2/h6-9,16H,3-5,10-13,19H2,1-2H3. The minimum Gasteiger partial charge on any atom is -0.462 e. The molecule has 1 aliphatic rings. The van der Waals surface area contributed by atoms with Crippen molar-refractivity contribution < 1.29 is 22.7 Å². The lowest BCUT2D eigenvalue weighted by Crippen LogP contribution is -2.54. The molecule has 1 saturated heterocycles. The van der Waals surface area contributed by atoms with Crippen LogP contribution in [-0.4, -0.2) is 68.3 Å². The smallest absolute Gasteiger partial charge is 0.338 e. The predicted molar refractivity (Wildman–Crippen MR) is 101 cm³/mol. The second-order valence-corrected chi connectivity index (χ2v) is 8.31. The number of benzene rings is 1. The van der Waals surface area contributed by atoms with Crippen LogP contribution in [0.15, 0.2) is 29.2 Å². The maximum absolute atomic E-state index is 12.8. The van der Waals surface area contributed by atoms with Crippen molar-refractivity contribution in [1.82, 2.24) is 9.21 Å². The lowest BCUT2D eigenvalue weighted by Gasteiger charge is -2.35. The molecule has 1 aromatic rings. The molecule has 8 nitrogen and oxygen atoms in total. The molecule has 150 valence electrons. The van der Waals surface area contributed by atoms with Crippen LogP contribution in [0.5, 0.6) is 0 Å². The fourth-order valence-corrected chi connectivity index (χ4v) is 4.37. The van der Waals surface area contributed by atoms with E-state index in [9.17, 15) is 18.0 Å². The molecule has 2 N–H and O–H groups in total. The van der Waals surface area contributed by atoms with Gasteiger partial charge < -0.3 is 15.4 Å². The summed E-state index contributed by atoms with van der Waals surface area (Å²) in [5, 5.41) is 0. The summed E-state index contributed by atoms with van der Waals surface area (Å²) < 4.78 is 31.8. The van der Waals surface area contributed by atoms with E-state index < -0.39 is 22.0 Å². The number of hydrogen-bond donors (Lipinski definition) is 1. The van der Waals surface area contributed by atoms with Crippen molar-refractivity contribution in [1.29, 1.82) is 0 Å². The van der Waals surface area contributed by atoms with Gasteiger partial charge in [0, 0.05) is 26.2 Å². The average Bonchev–Trinajstić information content (AvgIpc) is 2.68. The van der Waals surface area contributed by atoms with Crippen molar-refractivity contribution in [2.45, 2.75) is 37.6 Å². The van der Waals surface area contributed by atoms with Crippen LogP contribution in [0.1, 0.15) is 37.0 Å². The lowest BCUT2D eigenvalue weighted by atomic mass is 10.1. The normalized spacial score (nSPS) is 16.8. The Hall–Kier alpha value is -1.97. The van der Waals surface area contributed by atoms with Gasteiger partial charge in [-0.1, -0.05) is 13.3 Å². The van der Waals surface area contributed by atoms with Gasteiger partial charge in [0.25, 0.3) is 0 Å². The van der Waals surface area contributed by atoms with Crippen molar-refractivity contribution in [2.75, 3.05) is 32.8 Å². The van der Waals surface area contributed by atoms with Gasteiger partial charge in [0.2, 0.25) is 15.9 Å². The van der Waals surface area contributed by atoms with Gasteiger partial charge >= 0.3 is 5.97 Å². The number of nitrogens with zero attached hydrogens (tertiary/aromatic N) is 2. The van der Waals surface area contributed by atoms with Crippen LogP contribution in [0.25, 0.3) is 0 Å². The molecule has 1 aliphatic heterocycles. The van der Waals surface area contributed by atoms with Gasteiger partial charge in [-0.05, 0) is 37.6 Å². The Balaban J connectivity index is 2.02. The molecule has 0 radical (unpaired) electrons. The van der Waals surface area contributed by atoms with Gasteiger partial charge in [0.05, 0.1) is 23.1 Å². The maximum Gasteiger partial charge on any atom is 0.338 e. The second-order valence-electron chi connectivity index (χ2n) is 6.37. The summed E-state index contributed by atoms with van der Waals surface area (Å²) in [5.41, 5.74) is 6.17. The summed E-state index contributed by atoms with van der Waals surface area (Å²) in [7, 11) is -3.68. The summed E-state index contributed by atoms with van der Waals surface area (Å²) in [6, 6.07) is 5.14. The SMILES string of the molecule is CCCC(N)C(=O)N1CCN(S(=O)(=O)c2ccc(C(=O)OCC)cc2)CC1. The number of esters is 1. The zero-order chi connectivity index (χ0) is 20.0. The van der Waals surface area contributed by atoms with Crippen LogP contribution in [0.2, 0.25) is 0 Å². The Morgan fingerprint density at radius 2 is 1.70 bits per heavy atom. The molecule has 1 unspecified atom stereocenters. The molecule has 1 atom stereocenters. The quantitative estimate of drug-likeness (QED) is 0.682. The predicted octanol–water partition coefficient (Wildman–Crippen LogP) is 0.824. The van der Waals surface area contributed by atoms with Gasteiger partial charge in [-0.15, -0.1) is 0 Å². The summed E-state index contributed by atoms with van der Waals surface area (Å²) in [6.07, 6.45) is 1.44. The number of nitrogens with two attached hydrogens (primary N) is 1. The number of ether oxygens (including phenoxy) is 1. The van der Waals surface area contributed by atoms with E-state index >= 15 is 0 Å². The van der Waals surface area contributed by atoms with Gasteiger partial charge in [-0.2, -0.15) is 4.31 Å². The van der Waals surface area contributed by atoms with Gasteiger partial charge in [0.15, 0.2) is 0 Å². The Morgan fingerprint density at radius 1 is 1.11 bits per heavy atom. The van der Waals surface area contributed by atoms with E-state index in [1.807, 2.05) is 6.92 Å². The molecule has 0 bridgehead atoms. The third kappa shape index (κ3) is 5.06. The van der Waals surface area contributed by atoms with E-state index in [1.165, 1.54) is 28.6 Å². The Morgan fingerprint density at radius 3 is 2.22 bits per heavy atom. The molecule has 2 rings (SSSR count). The lowest BCUT2D eigenvalue weighted by molar-refractivity contribution is -0.133. The maximum atomic E-state index is 12.8. The number of hydrogen-bond acceptors (Lipinski definition) is 6. The molecule has 1 amide bonds. The largest absolute Gasteiger partial charge is 0.462 e. The third-order valence-corrected chi connectivity index (χ3v) is 6.38. The first-order valence-electron chi connectivity index (χ1n) is 9.13. The van der Waals surface area contributed by atoms with Crippen LogP contribution in [-0.2, 0) is 19.6 Å². The first-order valence-corrected chi connectivity index (χ1v) is 10.6. The molecule has 0 saturated carbocycles. The van der Waals surface area contributed by atoms with Crippen LogP contribution in [0, 0.1) is 0 Å². The highest BCUT2D eigenvalue weighted by molar-refractivity contribution is 7.89. The topological polar surface area (TPSA) is 110 Å². The molecular formula is C18H27N3O5S. The summed E-state index contributed by atoms with van der Waals surface area (Å²) in [4.78, 5) is 25.7. The Kier molecular flexibility index (Phi) is 7.34. The number of carbonyl (C=O) groups excluding carboxylic acids is 2. The minimum absolute atomic E-state index is 0.109. The number of sulfonamides is 1. The van der Waals surface area contributed by atoms with Crippen molar-refractivity contribution in [3.8, 4) is 0 Å². The Labute approximate surface area is 160 Å². The van der Waals surface area contributed by atoms with Crippen LogP contribution < -0.4 is 5.73 Å². The van der Waals surface area contributed by atoms with Crippen LogP contribution in [0.4, 0.5) is 0 Å². The molecule has 27 heavy (non-hydrogen) atoms. The molecule has 1 heterocycles. The van der Waals surface area contributed by atoms with Crippen molar-refractivity contribution >= 4 is 21.9 Å². The second kappa shape index (κ2) is 9.29. The third-order valence-electron chi connectivity index (χ3n) is 4.47. The van der Waals surface area contributed by atoms with E-state index in [4.69, 9.17) is 10.5 Å². The van der Waals surface area contributed by atoms with Gasteiger partial charge in [-0.3, -0.25) is 4.79 Å². The molecule has 1 aromatic carbocycles. The molecular weight excluding hydrogens is 370 g/mol. The highest BCUT2D eigenvalue weighted by atomic mass is 32.2. The minimum atomic E-state index is -3.68. The highest BCUT2D eigenvalue weighted by Gasteiger charge is 2.31. The monoisotopic (exact) mass is 397 g/mol. The van der Waals surface area contributed by atoms with Crippen molar-refractivity contribution in [2.24, 2.45) is 5.73 Å². The molecule has 9 heteroatoms. The average molecular weight is 397 g/mol. The van der Waals surface area contributed by atoms with E-state index in [0.717, 1.165) is 6.42 Å². The van der Waals surface area contributed by atoms with Gasteiger partial charge in [-0.25, -0.2) is 13.2 Å². The fourth-order valence-electron chi connectivity index (χ4n) is 2.94. The number of rotatable bonds is 7. The Bertz CT molecular complexity index is 756. The number of amides is 1. The number of piperazine rings is 1. The van der Waals surface area contributed by atoms with Crippen LogP contribution in [0.3, 0.4) is 0 Å². The zero-order valence-electron chi connectivity index (χ0n) is 15.8. The van der Waals surface area contributed by atoms with Gasteiger partial charge in [0.1, 0.15) is 0 Å². The van der Waals surface area contributed by atoms with Crippen molar-refractivity contribution in [3.05, 3.63) is 29.8 Å². The molecule has 0 aromatic heterocycles. The van der Waals surface area contributed by atoms with E-state index in [1.54, 1.807) is 11.8 Å². The van der Waals surface area contributed by atoms with Crippen LogP contribution >= 0.6 is 0 Å². The summed E-state index contributed by atoms with van der Waals surface area (Å²) >= 11 is 0. The summed E-state index contributed by atoms with van der Waals surface area (Å²) in [5.74, 6) is -0.621. The number of carbonyl (C=O) groups is 2. The zero-order valence-corrected chi connectivity index (χ0v) is 16.6. The van der Waals surface area contributed by atoms with E-state index in [2.05, 4.69) is 0 Å². The highest BCUT2D eigenvalue weighted by Crippen LogP contribution is 2.19.